The molecule has 0 rings (SSSR count). The highest BCUT2D eigenvalue weighted by Gasteiger charge is 1.69. The third kappa shape index (κ3) is 11.4. The van der Waals surface area contributed by atoms with Gasteiger partial charge in [0.15, 0.2) is 0 Å². The molecule has 0 aliphatic rings. The first-order valence-electron chi connectivity index (χ1n) is 2.69. The molecule has 0 aromatic carbocycles. The van der Waals surface area contributed by atoms with E-state index >= 15 is 0 Å². The minimum Gasteiger partial charge on any atom is -0.292 e. The van der Waals surface area contributed by atoms with Crippen LogP contribution in [0, 0.1) is 11.8 Å². The molecular weight excluding hydrogens is 138 g/mol. The van der Waals surface area contributed by atoms with Gasteiger partial charge in [-0.05, 0) is 6.42 Å². The second kappa shape index (κ2) is 10.7. The summed E-state index contributed by atoms with van der Waals surface area (Å²) in [5.74, 6) is 10.3. The average molecular weight is 150 g/mol. The Balaban J connectivity index is 0. The fourth-order valence-corrected chi connectivity index (χ4v) is 0.306. The lowest BCUT2D eigenvalue weighted by Gasteiger charge is -1.81. The predicted octanol–water partition coefficient (Wildman–Crippen LogP) is 1.10. The van der Waals surface area contributed by atoms with Crippen molar-refractivity contribution >= 4 is 12.4 Å². The number of unbranched alkanes of at least 4 members (excludes halogenated alkanes) is 1. The lowest BCUT2D eigenvalue weighted by atomic mass is 10.3. The normalized spacial score (nSPS) is 6.89. The Morgan fingerprint density at radius 2 is 2.11 bits per heavy atom. The Kier molecular flexibility index (Phi) is 13.7. The van der Waals surface area contributed by atoms with Crippen molar-refractivity contribution in [1.29, 1.82) is 0 Å². The molecule has 0 aliphatic heterocycles. The highest BCUT2D eigenvalue weighted by Crippen LogP contribution is 1.79. The summed E-state index contributed by atoms with van der Waals surface area (Å²) >= 11 is 0. The number of hydrogen-bond donors (Lipinski definition) is 1. The molecule has 2 N–H and O–H groups in total. The van der Waals surface area contributed by atoms with Crippen molar-refractivity contribution < 1.29 is 4.84 Å². The van der Waals surface area contributed by atoms with Crippen molar-refractivity contribution in [3.8, 4) is 11.8 Å². The van der Waals surface area contributed by atoms with E-state index in [4.69, 9.17) is 5.90 Å². The second-order valence-corrected chi connectivity index (χ2v) is 1.41. The summed E-state index contributed by atoms with van der Waals surface area (Å²) < 4.78 is 0. The smallest absolute Gasteiger partial charge is 0.128 e. The van der Waals surface area contributed by atoms with Gasteiger partial charge in [-0.2, -0.15) is 0 Å². The van der Waals surface area contributed by atoms with Gasteiger partial charge >= 0.3 is 0 Å². The summed E-state index contributed by atoms with van der Waals surface area (Å²) in [6.45, 7) is 2.43. The first-order chi connectivity index (χ1) is 3.91. The molecule has 0 saturated heterocycles. The molecule has 0 bridgehead atoms. The van der Waals surface area contributed by atoms with Crippen LogP contribution in [0.4, 0.5) is 0 Å². The summed E-state index contributed by atoms with van der Waals surface area (Å²) in [7, 11) is 0. The monoisotopic (exact) mass is 149 g/mol. The molecule has 9 heavy (non-hydrogen) atoms. The molecule has 0 saturated carbocycles. The van der Waals surface area contributed by atoms with Crippen molar-refractivity contribution in [2.75, 3.05) is 6.61 Å². The van der Waals surface area contributed by atoms with Gasteiger partial charge in [0.1, 0.15) is 6.61 Å². The third-order valence-corrected chi connectivity index (χ3v) is 0.656. The molecule has 0 aromatic heterocycles. The van der Waals surface area contributed by atoms with Crippen molar-refractivity contribution in [3.63, 3.8) is 0 Å². The van der Waals surface area contributed by atoms with E-state index < -0.39 is 0 Å². The first-order valence-corrected chi connectivity index (χ1v) is 2.69. The van der Waals surface area contributed by atoms with Gasteiger partial charge in [0.25, 0.3) is 0 Å². The van der Waals surface area contributed by atoms with Gasteiger partial charge in [0.05, 0.1) is 0 Å². The SMILES string of the molecule is CCCC#CCON.Cl. The minimum absolute atomic E-state index is 0. The van der Waals surface area contributed by atoms with Gasteiger partial charge in [-0.25, -0.2) is 5.90 Å². The van der Waals surface area contributed by atoms with Crippen LogP contribution in [0.1, 0.15) is 19.8 Å². The summed E-state index contributed by atoms with van der Waals surface area (Å²) in [5.41, 5.74) is 0. The molecule has 0 atom stereocenters. The standard InChI is InChI=1S/C6H11NO.ClH/c1-2-3-4-5-6-8-7;/h2-3,6-7H2,1H3;1H. The molecule has 3 heteroatoms. The summed E-state index contributed by atoms with van der Waals surface area (Å²) in [6.07, 6.45) is 2.03. The zero-order valence-electron chi connectivity index (χ0n) is 5.52. The zero-order chi connectivity index (χ0) is 6.24. The molecule has 0 spiro atoms. The molecule has 0 unspecified atom stereocenters. The zero-order valence-corrected chi connectivity index (χ0v) is 6.33. The van der Waals surface area contributed by atoms with Crippen LogP contribution in [0.5, 0.6) is 0 Å². The van der Waals surface area contributed by atoms with Gasteiger partial charge in [-0.3, -0.25) is 4.84 Å². The Labute approximate surface area is 62.1 Å². The Bertz CT molecular complexity index is 85.0. The quantitative estimate of drug-likeness (QED) is 0.472. The van der Waals surface area contributed by atoms with E-state index in [0.29, 0.717) is 6.61 Å². The maximum absolute atomic E-state index is 4.71. The number of nitrogens with two attached hydrogens (primary N) is 1. The first kappa shape index (κ1) is 11.6. The van der Waals surface area contributed by atoms with Crippen LogP contribution in [0.3, 0.4) is 0 Å². The average Bonchev–Trinajstić information content (AvgIpc) is 1.81. The van der Waals surface area contributed by atoms with E-state index in [0.717, 1.165) is 12.8 Å². The highest BCUT2D eigenvalue weighted by molar-refractivity contribution is 5.85. The number of rotatable bonds is 2. The summed E-state index contributed by atoms with van der Waals surface area (Å²) in [5, 5.41) is 0. The van der Waals surface area contributed by atoms with Crippen LogP contribution >= 0.6 is 12.4 Å². The van der Waals surface area contributed by atoms with E-state index in [-0.39, 0.29) is 12.4 Å². The van der Waals surface area contributed by atoms with Gasteiger partial charge in [0, 0.05) is 6.42 Å². The van der Waals surface area contributed by atoms with Gasteiger partial charge in [-0.15, -0.1) is 18.3 Å². The molecule has 0 fully saturated rings. The van der Waals surface area contributed by atoms with Crippen LogP contribution in [-0.2, 0) is 4.84 Å². The van der Waals surface area contributed by atoms with E-state index in [1.54, 1.807) is 0 Å². The molecule has 0 heterocycles. The molecule has 2 nitrogen and oxygen atoms in total. The maximum atomic E-state index is 4.71. The fourth-order valence-electron chi connectivity index (χ4n) is 0.306. The molecule has 0 radical (unpaired) electrons. The summed E-state index contributed by atoms with van der Waals surface area (Å²) in [6, 6.07) is 0. The largest absolute Gasteiger partial charge is 0.292 e. The fraction of sp³-hybridized carbons (Fsp3) is 0.667. The molecular formula is C6H12ClNO. The molecule has 0 aliphatic carbocycles. The molecule has 0 amide bonds. The Morgan fingerprint density at radius 1 is 1.44 bits per heavy atom. The van der Waals surface area contributed by atoms with Gasteiger partial charge in [0.2, 0.25) is 0 Å². The van der Waals surface area contributed by atoms with Crippen molar-refractivity contribution in [2.24, 2.45) is 5.90 Å². The maximum Gasteiger partial charge on any atom is 0.128 e. The van der Waals surface area contributed by atoms with Gasteiger partial charge in [-0.1, -0.05) is 12.8 Å². The predicted molar refractivity (Wildman–Crippen MR) is 40.1 cm³/mol. The van der Waals surface area contributed by atoms with Gasteiger partial charge < -0.3 is 0 Å². The van der Waals surface area contributed by atoms with E-state index in [1.165, 1.54) is 0 Å². The lowest BCUT2D eigenvalue weighted by Crippen LogP contribution is -1.97. The topological polar surface area (TPSA) is 35.2 Å². The van der Waals surface area contributed by atoms with Crippen LogP contribution in [-0.4, -0.2) is 6.61 Å². The Hall–Kier alpha value is -0.230. The van der Waals surface area contributed by atoms with Crippen LogP contribution in [0.2, 0.25) is 0 Å². The molecule has 54 valence electrons. The lowest BCUT2D eigenvalue weighted by molar-refractivity contribution is 0.173. The number of hydrogen-bond acceptors (Lipinski definition) is 2. The van der Waals surface area contributed by atoms with Crippen LogP contribution in [0.25, 0.3) is 0 Å². The van der Waals surface area contributed by atoms with Crippen LogP contribution < -0.4 is 5.90 Å². The van der Waals surface area contributed by atoms with Crippen LogP contribution in [0.15, 0.2) is 0 Å². The van der Waals surface area contributed by atoms with Crippen molar-refractivity contribution in [3.05, 3.63) is 0 Å². The van der Waals surface area contributed by atoms with Crippen molar-refractivity contribution in [1.82, 2.24) is 0 Å². The minimum atomic E-state index is 0. The number of halogens is 1. The highest BCUT2D eigenvalue weighted by atomic mass is 35.5. The summed E-state index contributed by atoms with van der Waals surface area (Å²) in [4.78, 5) is 4.21. The van der Waals surface area contributed by atoms with E-state index in [9.17, 15) is 0 Å². The molecule has 0 aromatic rings. The van der Waals surface area contributed by atoms with E-state index in [2.05, 4.69) is 23.6 Å². The van der Waals surface area contributed by atoms with E-state index in [1.807, 2.05) is 0 Å². The van der Waals surface area contributed by atoms with Crippen molar-refractivity contribution in [2.45, 2.75) is 19.8 Å². The Morgan fingerprint density at radius 3 is 2.56 bits per heavy atom. The second-order valence-electron chi connectivity index (χ2n) is 1.41. The third-order valence-electron chi connectivity index (χ3n) is 0.656.